The summed E-state index contributed by atoms with van der Waals surface area (Å²) in [5.41, 5.74) is 2.77. The molecule has 1 N–H and O–H groups in total. The summed E-state index contributed by atoms with van der Waals surface area (Å²) < 4.78 is 6.08. The molecule has 1 saturated carbocycles. The standard InChI is InChI=1S/C17H24O2/c1-13-5-6-16-14(9-13)10-15(19-16)11-17(12-18)7-3-2-4-8-17/h5-6,9,15,18H,2-4,7-8,10-12H2,1H3. The second-order valence-corrected chi connectivity index (χ2v) is 6.48. The van der Waals surface area contributed by atoms with Crippen LogP contribution in [-0.2, 0) is 6.42 Å². The third kappa shape index (κ3) is 2.64. The van der Waals surface area contributed by atoms with Crippen molar-refractivity contribution >= 4 is 0 Å². The summed E-state index contributed by atoms with van der Waals surface area (Å²) in [4.78, 5) is 0. The maximum atomic E-state index is 9.81. The van der Waals surface area contributed by atoms with E-state index in [-0.39, 0.29) is 11.5 Å². The van der Waals surface area contributed by atoms with E-state index in [1.165, 1.54) is 43.2 Å². The zero-order chi connectivity index (χ0) is 13.3. The summed E-state index contributed by atoms with van der Waals surface area (Å²) in [5, 5.41) is 9.81. The molecule has 1 aromatic carbocycles. The molecular weight excluding hydrogens is 236 g/mol. The van der Waals surface area contributed by atoms with E-state index in [1.54, 1.807) is 0 Å². The van der Waals surface area contributed by atoms with E-state index in [1.807, 2.05) is 0 Å². The molecule has 2 nitrogen and oxygen atoms in total. The van der Waals surface area contributed by atoms with Gasteiger partial charge in [-0.25, -0.2) is 0 Å². The second-order valence-electron chi connectivity index (χ2n) is 6.48. The van der Waals surface area contributed by atoms with Gasteiger partial charge < -0.3 is 9.84 Å². The van der Waals surface area contributed by atoms with Crippen molar-refractivity contribution in [2.24, 2.45) is 5.41 Å². The van der Waals surface area contributed by atoms with Crippen molar-refractivity contribution in [2.75, 3.05) is 6.61 Å². The van der Waals surface area contributed by atoms with Crippen molar-refractivity contribution in [1.82, 2.24) is 0 Å². The molecule has 2 heteroatoms. The maximum absolute atomic E-state index is 9.81. The van der Waals surface area contributed by atoms with E-state index in [4.69, 9.17) is 4.74 Å². The fourth-order valence-corrected chi connectivity index (χ4v) is 3.77. The lowest BCUT2D eigenvalue weighted by molar-refractivity contribution is 0.0371. The van der Waals surface area contributed by atoms with Crippen LogP contribution in [0.25, 0.3) is 0 Å². The van der Waals surface area contributed by atoms with Gasteiger partial charge in [0.15, 0.2) is 0 Å². The highest BCUT2D eigenvalue weighted by Crippen LogP contribution is 2.42. The molecule has 1 aliphatic heterocycles. The Bertz CT molecular complexity index is 447. The first kappa shape index (κ1) is 13.0. The molecule has 19 heavy (non-hydrogen) atoms. The van der Waals surface area contributed by atoms with Crippen LogP contribution in [0.2, 0.25) is 0 Å². The van der Waals surface area contributed by atoms with Gasteiger partial charge in [0.1, 0.15) is 11.9 Å². The van der Waals surface area contributed by atoms with Crippen LogP contribution in [0.4, 0.5) is 0 Å². The van der Waals surface area contributed by atoms with E-state index in [9.17, 15) is 5.11 Å². The van der Waals surface area contributed by atoms with Crippen molar-refractivity contribution in [3.8, 4) is 5.75 Å². The molecule has 0 radical (unpaired) electrons. The Kier molecular flexibility index (Phi) is 3.53. The van der Waals surface area contributed by atoms with Crippen molar-refractivity contribution in [1.29, 1.82) is 0 Å². The van der Waals surface area contributed by atoms with Crippen molar-refractivity contribution in [3.63, 3.8) is 0 Å². The number of benzene rings is 1. The van der Waals surface area contributed by atoms with E-state index < -0.39 is 0 Å². The second kappa shape index (κ2) is 5.16. The summed E-state index contributed by atoms with van der Waals surface area (Å²) in [6, 6.07) is 6.45. The third-order valence-corrected chi connectivity index (χ3v) is 4.87. The molecule has 0 spiro atoms. The highest BCUT2D eigenvalue weighted by atomic mass is 16.5. The molecule has 1 heterocycles. The first-order chi connectivity index (χ1) is 9.21. The first-order valence-electron chi connectivity index (χ1n) is 7.58. The minimum Gasteiger partial charge on any atom is -0.490 e. The lowest BCUT2D eigenvalue weighted by Gasteiger charge is -2.37. The minimum atomic E-state index is 0.125. The Morgan fingerprint density at radius 3 is 2.79 bits per heavy atom. The molecule has 1 aromatic rings. The molecule has 104 valence electrons. The molecule has 2 aliphatic rings. The van der Waals surface area contributed by atoms with Crippen LogP contribution in [0.15, 0.2) is 18.2 Å². The van der Waals surface area contributed by atoms with Gasteiger partial charge in [-0.3, -0.25) is 0 Å². The molecule has 1 atom stereocenters. The smallest absolute Gasteiger partial charge is 0.123 e. The van der Waals surface area contributed by atoms with E-state index in [2.05, 4.69) is 25.1 Å². The van der Waals surface area contributed by atoms with Crippen LogP contribution in [0.3, 0.4) is 0 Å². The molecule has 0 amide bonds. The van der Waals surface area contributed by atoms with Crippen LogP contribution in [0.5, 0.6) is 5.75 Å². The zero-order valence-corrected chi connectivity index (χ0v) is 11.8. The van der Waals surface area contributed by atoms with Gasteiger partial charge >= 0.3 is 0 Å². The van der Waals surface area contributed by atoms with Gasteiger partial charge in [0.2, 0.25) is 0 Å². The Morgan fingerprint density at radius 2 is 2.05 bits per heavy atom. The SMILES string of the molecule is Cc1ccc2c(c1)CC(CC1(CO)CCCCC1)O2. The molecular formula is C17H24O2. The molecule has 0 aromatic heterocycles. The summed E-state index contributed by atoms with van der Waals surface area (Å²) in [6.07, 6.45) is 8.47. The molecule has 3 rings (SSSR count). The third-order valence-electron chi connectivity index (χ3n) is 4.87. The Hall–Kier alpha value is -1.02. The number of rotatable bonds is 3. The number of ether oxygens (including phenoxy) is 1. The number of hydrogen-bond donors (Lipinski definition) is 1. The number of aryl methyl sites for hydroxylation is 1. The normalized spacial score (nSPS) is 24.8. The lowest BCUT2D eigenvalue weighted by Crippen LogP contribution is -2.34. The summed E-state index contributed by atoms with van der Waals surface area (Å²) in [6.45, 7) is 2.45. The van der Waals surface area contributed by atoms with Gasteiger partial charge in [0.05, 0.1) is 0 Å². The topological polar surface area (TPSA) is 29.5 Å². The van der Waals surface area contributed by atoms with Crippen LogP contribution >= 0.6 is 0 Å². The van der Waals surface area contributed by atoms with Crippen LogP contribution < -0.4 is 4.74 Å². The quantitative estimate of drug-likeness (QED) is 0.899. The monoisotopic (exact) mass is 260 g/mol. The Labute approximate surface area is 115 Å². The molecule has 0 bridgehead atoms. The number of fused-ring (bicyclic) bond motifs is 1. The Balaban J connectivity index is 1.69. The van der Waals surface area contributed by atoms with Crippen molar-refractivity contribution < 1.29 is 9.84 Å². The molecule has 1 unspecified atom stereocenters. The minimum absolute atomic E-state index is 0.125. The highest BCUT2D eigenvalue weighted by molar-refractivity contribution is 5.40. The largest absolute Gasteiger partial charge is 0.490 e. The summed E-state index contributed by atoms with van der Waals surface area (Å²) in [7, 11) is 0. The number of aliphatic hydroxyl groups is 1. The predicted molar refractivity (Wildman–Crippen MR) is 76.5 cm³/mol. The Morgan fingerprint density at radius 1 is 1.26 bits per heavy atom. The average molecular weight is 260 g/mol. The zero-order valence-electron chi connectivity index (χ0n) is 11.8. The van der Waals surface area contributed by atoms with Crippen LogP contribution in [-0.4, -0.2) is 17.8 Å². The fourth-order valence-electron chi connectivity index (χ4n) is 3.77. The number of hydrogen-bond acceptors (Lipinski definition) is 2. The number of aliphatic hydroxyl groups excluding tert-OH is 1. The van der Waals surface area contributed by atoms with Gasteiger partial charge in [-0.2, -0.15) is 0 Å². The molecule has 1 fully saturated rings. The van der Waals surface area contributed by atoms with Crippen molar-refractivity contribution in [2.45, 2.75) is 58.0 Å². The van der Waals surface area contributed by atoms with Crippen LogP contribution in [0, 0.1) is 12.3 Å². The molecule has 0 saturated heterocycles. The van der Waals surface area contributed by atoms with Crippen LogP contribution in [0.1, 0.15) is 49.7 Å². The summed E-state index contributed by atoms with van der Waals surface area (Å²) >= 11 is 0. The lowest BCUT2D eigenvalue weighted by atomic mass is 9.71. The first-order valence-corrected chi connectivity index (χ1v) is 7.58. The van der Waals surface area contributed by atoms with Gasteiger partial charge in [-0.05, 0) is 43.2 Å². The van der Waals surface area contributed by atoms with Gasteiger partial charge in [0.25, 0.3) is 0 Å². The maximum Gasteiger partial charge on any atom is 0.123 e. The van der Waals surface area contributed by atoms with E-state index in [0.717, 1.165) is 18.6 Å². The average Bonchev–Trinajstić information content (AvgIpc) is 2.81. The van der Waals surface area contributed by atoms with Gasteiger partial charge in [-0.1, -0.05) is 37.0 Å². The van der Waals surface area contributed by atoms with E-state index in [0.29, 0.717) is 6.61 Å². The molecule has 1 aliphatic carbocycles. The van der Waals surface area contributed by atoms with Gasteiger partial charge in [0, 0.05) is 13.0 Å². The summed E-state index contributed by atoms with van der Waals surface area (Å²) in [5.74, 6) is 1.06. The predicted octanol–water partition coefficient (Wildman–Crippen LogP) is 3.63. The van der Waals surface area contributed by atoms with Gasteiger partial charge in [-0.15, -0.1) is 0 Å². The fraction of sp³-hybridized carbons (Fsp3) is 0.647. The highest BCUT2D eigenvalue weighted by Gasteiger charge is 2.36. The van der Waals surface area contributed by atoms with Crippen molar-refractivity contribution in [3.05, 3.63) is 29.3 Å². The van der Waals surface area contributed by atoms with E-state index >= 15 is 0 Å².